The summed E-state index contributed by atoms with van der Waals surface area (Å²) in [6.45, 7) is 0. The van der Waals surface area contributed by atoms with E-state index in [1.165, 1.54) is 32.4 Å². The van der Waals surface area contributed by atoms with Crippen LogP contribution >= 0.6 is 0 Å². The molecule has 1 heterocycles. The molecule has 0 bridgehead atoms. The van der Waals surface area contributed by atoms with E-state index in [4.69, 9.17) is 9.47 Å². The van der Waals surface area contributed by atoms with Gasteiger partial charge in [-0.15, -0.1) is 0 Å². The molecule has 3 rings (SSSR count). The number of amides is 2. The summed E-state index contributed by atoms with van der Waals surface area (Å²) in [6.07, 6.45) is 1.16. The number of ether oxygens (including phenoxy) is 2. The Kier molecular flexibility index (Phi) is 6.03. The van der Waals surface area contributed by atoms with Gasteiger partial charge >= 0.3 is 0 Å². The monoisotopic (exact) mass is 395 g/mol. The van der Waals surface area contributed by atoms with Gasteiger partial charge < -0.3 is 20.1 Å². The highest BCUT2D eigenvalue weighted by atomic mass is 19.1. The van der Waals surface area contributed by atoms with Gasteiger partial charge in [0.2, 0.25) is 5.95 Å². The van der Waals surface area contributed by atoms with E-state index in [1.807, 2.05) is 0 Å². The second-order valence-corrected chi connectivity index (χ2v) is 5.94. The van der Waals surface area contributed by atoms with E-state index in [1.54, 1.807) is 36.4 Å². The lowest BCUT2D eigenvalue weighted by molar-refractivity contribution is 0.101. The van der Waals surface area contributed by atoms with Crippen molar-refractivity contribution in [3.8, 4) is 11.5 Å². The number of hydrogen-bond donors (Lipinski definition) is 2. The average Bonchev–Trinajstić information content (AvgIpc) is 2.76. The van der Waals surface area contributed by atoms with Gasteiger partial charge in [-0.05, 0) is 30.3 Å². The summed E-state index contributed by atoms with van der Waals surface area (Å²) in [5, 5.41) is 5.06. The predicted molar refractivity (Wildman–Crippen MR) is 106 cm³/mol. The van der Waals surface area contributed by atoms with Crippen LogP contribution < -0.4 is 20.1 Å². The van der Waals surface area contributed by atoms with Gasteiger partial charge in [0.05, 0.1) is 31.8 Å². The van der Waals surface area contributed by atoms with Crippen LogP contribution in [0.25, 0.3) is 0 Å². The van der Waals surface area contributed by atoms with E-state index in [-0.39, 0.29) is 16.9 Å². The number of carbonyl (C=O) groups excluding carboxylic acids is 2. The number of rotatable bonds is 6. The Morgan fingerprint density at radius 2 is 1.48 bits per heavy atom. The molecule has 0 atom stereocenters. The van der Waals surface area contributed by atoms with Crippen LogP contribution in [0.5, 0.6) is 11.5 Å². The van der Waals surface area contributed by atoms with Gasteiger partial charge in [0.1, 0.15) is 11.5 Å². The van der Waals surface area contributed by atoms with E-state index >= 15 is 0 Å². The minimum Gasteiger partial charge on any atom is -0.497 e. The maximum atomic E-state index is 14.0. The Morgan fingerprint density at radius 3 is 2.10 bits per heavy atom. The Bertz CT molecular complexity index is 1020. The van der Waals surface area contributed by atoms with Crippen LogP contribution in [0.2, 0.25) is 0 Å². The maximum absolute atomic E-state index is 14.0. The third kappa shape index (κ3) is 4.86. The van der Waals surface area contributed by atoms with Gasteiger partial charge in [-0.2, -0.15) is 4.39 Å². The molecule has 2 N–H and O–H groups in total. The van der Waals surface area contributed by atoms with E-state index in [9.17, 15) is 14.0 Å². The highest BCUT2D eigenvalue weighted by Crippen LogP contribution is 2.24. The van der Waals surface area contributed by atoms with Crippen LogP contribution in [0.1, 0.15) is 20.7 Å². The second-order valence-electron chi connectivity index (χ2n) is 5.94. The zero-order valence-corrected chi connectivity index (χ0v) is 15.7. The summed E-state index contributed by atoms with van der Waals surface area (Å²) in [5.41, 5.74) is 0.701. The molecular formula is C21H18FN3O4. The van der Waals surface area contributed by atoms with E-state index in [0.717, 1.165) is 6.20 Å². The van der Waals surface area contributed by atoms with Crippen molar-refractivity contribution < 1.29 is 23.5 Å². The molecule has 0 saturated carbocycles. The summed E-state index contributed by atoms with van der Waals surface area (Å²) in [6, 6.07) is 14.4. The summed E-state index contributed by atoms with van der Waals surface area (Å²) in [4.78, 5) is 28.4. The molecular weight excluding hydrogens is 377 g/mol. The minimum absolute atomic E-state index is 0.153. The van der Waals surface area contributed by atoms with Crippen LogP contribution in [-0.2, 0) is 0 Å². The topological polar surface area (TPSA) is 89.6 Å². The number of halogens is 1. The first-order chi connectivity index (χ1) is 14.0. The van der Waals surface area contributed by atoms with Gasteiger partial charge in [0, 0.05) is 17.2 Å². The fourth-order valence-corrected chi connectivity index (χ4v) is 2.53. The zero-order chi connectivity index (χ0) is 20.8. The Labute approximate surface area is 166 Å². The third-order valence-electron chi connectivity index (χ3n) is 3.99. The zero-order valence-electron chi connectivity index (χ0n) is 15.7. The molecule has 0 aliphatic rings. The largest absolute Gasteiger partial charge is 0.497 e. The summed E-state index contributed by atoms with van der Waals surface area (Å²) in [5.74, 6) is -0.941. The Balaban J connectivity index is 1.79. The van der Waals surface area contributed by atoms with Gasteiger partial charge in [-0.3, -0.25) is 9.59 Å². The maximum Gasteiger partial charge on any atom is 0.255 e. The van der Waals surface area contributed by atoms with Crippen molar-refractivity contribution in [2.24, 2.45) is 0 Å². The van der Waals surface area contributed by atoms with Crippen molar-refractivity contribution in [1.29, 1.82) is 0 Å². The lowest BCUT2D eigenvalue weighted by atomic mass is 10.2. The standard InChI is InChI=1S/C21H18FN3O4/c1-28-16-8-14(9-17(11-16)29-2)21(27)24-15-10-18(19(22)23-12-15)25-20(26)13-6-4-3-5-7-13/h3-12H,1-2H3,(H,24,27)(H,25,26). The molecule has 148 valence electrons. The first-order valence-electron chi connectivity index (χ1n) is 8.56. The molecule has 0 fully saturated rings. The first-order valence-corrected chi connectivity index (χ1v) is 8.56. The number of nitrogens with one attached hydrogen (secondary N) is 2. The smallest absolute Gasteiger partial charge is 0.255 e. The lowest BCUT2D eigenvalue weighted by Crippen LogP contribution is -2.15. The average molecular weight is 395 g/mol. The molecule has 2 aromatic carbocycles. The van der Waals surface area contributed by atoms with Crippen LogP contribution in [-0.4, -0.2) is 31.0 Å². The quantitative estimate of drug-likeness (QED) is 0.621. The van der Waals surface area contributed by atoms with Crippen molar-refractivity contribution in [3.63, 3.8) is 0 Å². The van der Waals surface area contributed by atoms with Crippen molar-refractivity contribution in [1.82, 2.24) is 4.98 Å². The van der Waals surface area contributed by atoms with Crippen molar-refractivity contribution in [2.75, 3.05) is 24.9 Å². The number of nitrogens with zero attached hydrogens (tertiary/aromatic N) is 1. The van der Waals surface area contributed by atoms with Crippen molar-refractivity contribution >= 4 is 23.2 Å². The Hall–Kier alpha value is -3.94. The second kappa shape index (κ2) is 8.83. The van der Waals surface area contributed by atoms with Crippen LogP contribution in [0.4, 0.5) is 15.8 Å². The molecule has 0 aliphatic carbocycles. The van der Waals surface area contributed by atoms with Crippen LogP contribution in [0, 0.1) is 5.95 Å². The summed E-state index contributed by atoms with van der Waals surface area (Å²) >= 11 is 0. The summed E-state index contributed by atoms with van der Waals surface area (Å²) < 4.78 is 24.3. The van der Waals surface area contributed by atoms with E-state index in [0.29, 0.717) is 17.1 Å². The van der Waals surface area contributed by atoms with E-state index in [2.05, 4.69) is 15.6 Å². The number of anilines is 2. The van der Waals surface area contributed by atoms with Crippen LogP contribution in [0.3, 0.4) is 0 Å². The highest BCUT2D eigenvalue weighted by Gasteiger charge is 2.14. The van der Waals surface area contributed by atoms with Crippen molar-refractivity contribution in [3.05, 3.63) is 77.9 Å². The molecule has 0 spiro atoms. The molecule has 0 unspecified atom stereocenters. The fourth-order valence-electron chi connectivity index (χ4n) is 2.53. The van der Waals surface area contributed by atoms with E-state index < -0.39 is 17.8 Å². The third-order valence-corrected chi connectivity index (χ3v) is 3.99. The Morgan fingerprint density at radius 1 is 0.862 bits per heavy atom. The molecule has 0 saturated heterocycles. The fraction of sp³-hybridized carbons (Fsp3) is 0.0952. The molecule has 7 nitrogen and oxygen atoms in total. The molecule has 1 aromatic heterocycles. The molecule has 8 heteroatoms. The molecule has 0 radical (unpaired) electrons. The molecule has 29 heavy (non-hydrogen) atoms. The van der Waals surface area contributed by atoms with Gasteiger partial charge in [0.25, 0.3) is 11.8 Å². The SMILES string of the molecule is COc1cc(OC)cc(C(=O)Nc2cnc(F)c(NC(=O)c3ccccc3)c2)c1. The summed E-state index contributed by atoms with van der Waals surface area (Å²) in [7, 11) is 2.95. The van der Waals surface area contributed by atoms with Gasteiger partial charge in [-0.25, -0.2) is 4.98 Å². The predicted octanol–water partition coefficient (Wildman–Crippen LogP) is 3.74. The number of carbonyl (C=O) groups is 2. The molecule has 2 amide bonds. The molecule has 0 aliphatic heterocycles. The lowest BCUT2D eigenvalue weighted by Gasteiger charge is -2.11. The number of pyridine rings is 1. The van der Waals surface area contributed by atoms with Gasteiger partial charge in [-0.1, -0.05) is 18.2 Å². The van der Waals surface area contributed by atoms with Gasteiger partial charge in [0.15, 0.2) is 0 Å². The number of aromatic nitrogens is 1. The minimum atomic E-state index is -0.865. The number of benzene rings is 2. The first kappa shape index (κ1) is 19.8. The number of hydrogen-bond acceptors (Lipinski definition) is 5. The van der Waals surface area contributed by atoms with Crippen molar-refractivity contribution in [2.45, 2.75) is 0 Å². The van der Waals surface area contributed by atoms with Crippen LogP contribution in [0.15, 0.2) is 60.8 Å². The normalized spacial score (nSPS) is 10.2. The molecule has 3 aromatic rings. The number of methoxy groups -OCH3 is 2. The highest BCUT2D eigenvalue weighted by molar-refractivity contribution is 6.06.